The number of carbonyl (C=O) groups excluding carboxylic acids is 1. The summed E-state index contributed by atoms with van der Waals surface area (Å²) >= 11 is 1.56. The Hall–Kier alpha value is -1.94. The first-order chi connectivity index (χ1) is 11.6. The summed E-state index contributed by atoms with van der Waals surface area (Å²) in [6.45, 7) is 0. The van der Waals surface area contributed by atoms with E-state index in [0.717, 1.165) is 37.0 Å². The van der Waals surface area contributed by atoms with Crippen LogP contribution in [-0.4, -0.2) is 16.9 Å². The van der Waals surface area contributed by atoms with Gasteiger partial charge in [0.1, 0.15) is 0 Å². The minimum atomic E-state index is -0.743. The molecule has 2 rings (SSSR count). The zero-order chi connectivity index (χ0) is 17.2. The molecule has 1 heterocycles. The van der Waals surface area contributed by atoms with Crippen LogP contribution in [0.4, 0.5) is 0 Å². The summed E-state index contributed by atoms with van der Waals surface area (Å²) in [5, 5.41) is 8.62. The summed E-state index contributed by atoms with van der Waals surface area (Å²) < 4.78 is 0. The van der Waals surface area contributed by atoms with Crippen LogP contribution in [0, 0.1) is 0 Å². The first-order valence-electron chi connectivity index (χ1n) is 8.53. The van der Waals surface area contributed by atoms with Crippen LogP contribution in [0.2, 0.25) is 0 Å². The van der Waals surface area contributed by atoms with E-state index in [1.54, 1.807) is 11.3 Å². The molecule has 0 atom stereocenters. The number of ketones is 1. The Kier molecular flexibility index (Phi) is 7.69. The Bertz CT molecular complexity index is 646. The van der Waals surface area contributed by atoms with E-state index in [4.69, 9.17) is 5.11 Å². The van der Waals surface area contributed by atoms with Gasteiger partial charge in [-0.25, -0.2) is 0 Å². The molecular formula is C20H24O3S. The Morgan fingerprint density at radius 2 is 1.54 bits per heavy atom. The van der Waals surface area contributed by atoms with Crippen LogP contribution < -0.4 is 0 Å². The highest BCUT2D eigenvalue weighted by Crippen LogP contribution is 2.21. The minimum Gasteiger partial charge on any atom is -0.481 e. The Morgan fingerprint density at radius 3 is 2.29 bits per heavy atom. The van der Waals surface area contributed by atoms with Gasteiger partial charge in [0.25, 0.3) is 0 Å². The van der Waals surface area contributed by atoms with Gasteiger partial charge in [-0.05, 0) is 56.2 Å². The van der Waals surface area contributed by atoms with Crippen molar-refractivity contribution in [1.82, 2.24) is 0 Å². The topological polar surface area (TPSA) is 54.4 Å². The van der Waals surface area contributed by atoms with Gasteiger partial charge in [-0.15, -0.1) is 11.3 Å². The molecule has 1 aromatic carbocycles. The number of unbranched alkanes of at least 4 members (excludes halogenated alkanes) is 2. The second-order valence-corrected chi connectivity index (χ2v) is 7.15. The SMILES string of the molecule is O=C(O)CCCCc1ccc(C(=O)CCCCc2ccccc2)s1. The molecule has 0 saturated carbocycles. The second kappa shape index (κ2) is 10.0. The lowest BCUT2D eigenvalue weighted by molar-refractivity contribution is -0.137. The van der Waals surface area contributed by atoms with E-state index in [1.165, 1.54) is 10.4 Å². The normalized spacial score (nSPS) is 10.7. The molecule has 0 fully saturated rings. The van der Waals surface area contributed by atoms with E-state index in [-0.39, 0.29) is 12.2 Å². The molecule has 0 aliphatic carbocycles. The monoisotopic (exact) mass is 344 g/mol. The third-order valence-electron chi connectivity index (χ3n) is 3.96. The van der Waals surface area contributed by atoms with Gasteiger partial charge < -0.3 is 5.11 Å². The zero-order valence-corrected chi connectivity index (χ0v) is 14.7. The van der Waals surface area contributed by atoms with Crippen LogP contribution >= 0.6 is 11.3 Å². The highest BCUT2D eigenvalue weighted by atomic mass is 32.1. The Labute approximate surface area is 147 Å². The summed E-state index contributed by atoms with van der Waals surface area (Å²) in [5.41, 5.74) is 1.32. The van der Waals surface area contributed by atoms with Crippen molar-refractivity contribution in [1.29, 1.82) is 0 Å². The molecule has 0 amide bonds. The average Bonchev–Trinajstić information content (AvgIpc) is 3.05. The number of carbonyl (C=O) groups is 2. The zero-order valence-electron chi connectivity index (χ0n) is 13.9. The summed E-state index contributed by atoms with van der Waals surface area (Å²) in [5.74, 6) is -0.516. The van der Waals surface area contributed by atoms with Crippen molar-refractivity contribution in [3.8, 4) is 0 Å². The van der Waals surface area contributed by atoms with E-state index in [0.29, 0.717) is 12.8 Å². The molecular weight excluding hydrogens is 320 g/mol. The predicted molar refractivity (Wildman–Crippen MR) is 97.8 cm³/mol. The Morgan fingerprint density at radius 1 is 0.833 bits per heavy atom. The number of thiophene rings is 1. The smallest absolute Gasteiger partial charge is 0.303 e. The average molecular weight is 344 g/mol. The fourth-order valence-electron chi connectivity index (χ4n) is 2.62. The van der Waals surface area contributed by atoms with Gasteiger partial charge in [0.2, 0.25) is 0 Å². The summed E-state index contributed by atoms with van der Waals surface area (Å²) in [4.78, 5) is 24.7. The van der Waals surface area contributed by atoms with Gasteiger partial charge >= 0.3 is 5.97 Å². The largest absolute Gasteiger partial charge is 0.481 e. The summed E-state index contributed by atoms with van der Waals surface area (Å²) in [6, 6.07) is 14.3. The number of rotatable bonds is 11. The number of aliphatic carboxylic acids is 1. The van der Waals surface area contributed by atoms with Crippen LogP contribution in [0.15, 0.2) is 42.5 Å². The van der Waals surface area contributed by atoms with Crippen molar-refractivity contribution in [3.63, 3.8) is 0 Å². The maximum atomic E-state index is 12.2. The van der Waals surface area contributed by atoms with Crippen LogP contribution in [0.5, 0.6) is 0 Å². The molecule has 0 spiro atoms. The second-order valence-electron chi connectivity index (χ2n) is 5.98. The van der Waals surface area contributed by atoms with Crippen molar-refractivity contribution in [2.75, 3.05) is 0 Å². The van der Waals surface area contributed by atoms with Crippen LogP contribution in [0.25, 0.3) is 0 Å². The maximum absolute atomic E-state index is 12.2. The van der Waals surface area contributed by atoms with E-state index in [1.807, 2.05) is 30.3 Å². The van der Waals surface area contributed by atoms with Crippen molar-refractivity contribution < 1.29 is 14.7 Å². The number of hydrogen-bond acceptors (Lipinski definition) is 3. The molecule has 0 aliphatic rings. The molecule has 0 aliphatic heterocycles. The number of carboxylic acid groups (broad SMARTS) is 1. The van der Waals surface area contributed by atoms with Gasteiger partial charge in [-0.3, -0.25) is 9.59 Å². The quantitative estimate of drug-likeness (QED) is 0.453. The van der Waals surface area contributed by atoms with E-state index in [9.17, 15) is 9.59 Å². The van der Waals surface area contributed by atoms with E-state index in [2.05, 4.69) is 12.1 Å². The highest BCUT2D eigenvalue weighted by molar-refractivity contribution is 7.14. The molecule has 128 valence electrons. The number of Topliss-reactive ketones (excluding diaryl/α,β-unsaturated/α-hetero) is 1. The highest BCUT2D eigenvalue weighted by Gasteiger charge is 2.09. The van der Waals surface area contributed by atoms with E-state index >= 15 is 0 Å². The molecule has 3 nitrogen and oxygen atoms in total. The van der Waals surface area contributed by atoms with Crippen LogP contribution in [-0.2, 0) is 17.6 Å². The standard InChI is InChI=1S/C20H24O3S/c21-18(12-6-4-10-16-8-2-1-3-9-16)19-15-14-17(24-19)11-5-7-13-20(22)23/h1-3,8-9,14-15H,4-7,10-13H2,(H,22,23). The predicted octanol–water partition coefficient (Wildman–Crippen LogP) is 5.14. The number of hydrogen-bond donors (Lipinski definition) is 1. The third-order valence-corrected chi connectivity index (χ3v) is 5.15. The molecule has 0 radical (unpaired) electrons. The van der Waals surface area contributed by atoms with Crippen LogP contribution in [0.1, 0.15) is 58.6 Å². The minimum absolute atomic E-state index is 0.221. The maximum Gasteiger partial charge on any atom is 0.303 e. The molecule has 0 bridgehead atoms. The van der Waals surface area contributed by atoms with Crippen molar-refractivity contribution in [3.05, 3.63) is 57.8 Å². The summed E-state index contributed by atoms with van der Waals surface area (Å²) in [6.07, 6.45) is 6.20. The lowest BCUT2D eigenvalue weighted by atomic mass is 10.1. The van der Waals surface area contributed by atoms with Gasteiger partial charge in [0, 0.05) is 17.7 Å². The van der Waals surface area contributed by atoms with Gasteiger partial charge in [0.05, 0.1) is 4.88 Å². The van der Waals surface area contributed by atoms with Crippen LogP contribution in [0.3, 0.4) is 0 Å². The van der Waals surface area contributed by atoms with E-state index < -0.39 is 5.97 Å². The van der Waals surface area contributed by atoms with Crippen molar-refractivity contribution in [2.24, 2.45) is 0 Å². The lowest BCUT2D eigenvalue weighted by Gasteiger charge is -2.01. The fraction of sp³-hybridized carbons (Fsp3) is 0.400. The molecule has 2 aromatic rings. The molecule has 4 heteroatoms. The number of aryl methyl sites for hydroxylation is 2. The molecule has 0 unspecified atom stereocenters. The first-order valence-corrected chi connectivity index (χ1v) is 9.34. The van der Waals surface area contributed by atoms with Gasteiger partial charge in [-0.1, -0.05) is 30.3 Å². The Balaban J connectivity index is 1.66. The lowest BCUT2D eigenvalue weighted by Crippen LogP contribution is -1.96. The number of benzene rings is 1. The van der Waals surface area contributed by atoms with Crippen molar-refractivity contribution in [2.45, 2.75) is 51.4 Å². The number of carboxylic acids is 1. The molecule has 24 heavy (non-hydrogen) atoms. The van der Waals surface area contributed by atoms with Crippen molar-refractivity contribution >= 4 is 23.1 Å². The van der Waals surface area contributed by atoms with Gasteiger partial charge in [-0.2, -0.15) is 0 Å². The molecule has 1 aromatic heterocycles. The fourth-order valence-corrected chi connectivity index (χ4v) is 3.64. The van der Waals surface area contributed by atoms with Gasteiger partial charge in [0.15, 0.2) is 5.78 Å². The summed E-state index contributed by atoms with van der Waals surface area (Å²) in [7, 11) is 0. The molecule has 0 saturated heterocycles. The first kappa shape index (κ1) is 18.4. The molecule has 1 N–H and O–H groups in total. The third kappa shape index (κ3) is 6.67.